The van der Waals surface area contributed by atoms with Crippen molar-refractivity contribution in [2.75, 3.05) is 29.9 Å². The minimum Gasteiger partial charge on any atom is -0.481 e. The molecular weight excluding hydrogens is 242 g/mol. The summed E-state index contributed by atoms with van der Waals surface area (Å²) in [5, 5.41) is 11.6. The Morgan fingerprint density at radius 2 is 2.22 bits per heavy atom. The van der Waals surface area contributed by atoms with Crippen LogP contribution in [0.5, 0.6) is 0 Å². The second-order valence-electron chi connectivity index (χ2n) is 4.19. The summed E-state index contributed by atoms with van der Waals surface area (Å²) in [6.45, 7) is 1.38. The van der Waals surface area contributed by atoms with Gasteiger partial charge in [0.2, 0.25) is 0 Å². The molecule has 1 aliphatic heterocycles. The third-order valence-corrected chi connectivity index (χ3v) is 2.86. The van der Waals surface area contributed by atoms with Gasteiger partial charge in [-0.25, -0.2) is 8.78 Å². The summed E-state index contributed by atoms with van der Waals surface area (Å²) in [6, 6.07) is 2.05. The Morgan fingerprint density at radius 3 is 2.94 bits per heavy atom. The minimum absolute atomic E-state index is 0.0732. The highest BCUT2D eigenvalue weighted by atomic mass is 19.1. The number of anilines is 2. The van der Waals surface area contributed by atoms with Crippen LogP contribution in [0.15, 0.2) is 12.1 Å². The maximum absolute atomic E-state index is 13.8. The van der Waals surface area contributed by atoms with E-state index in [1.165, 1.54) is 6.07 Å². The normalized spacial score (nSPS) is 14.7. The number of benzene rings is 1. The first kappa shape index (κ1) is 12.6. The zero-order valence-corrected chi connectivity index (χ0v) is 9.75. The van der Waals surface area contributed by atoms with Gasteiger partial charge in [-0.1, -0.05) is 0 Å². The first-order valence-corrected chi connectivity index (χ1v) is 5.77. The molecule has 1 aromatic carbocycles. The van der Waals surface area contributed by atoms with E-state index in [1.54, 1.807) is 4.90 Å². The fourth-order valence-corrected chi connectivity index (χ4v) is 2.08. The largest absolute Gasteiger partial charge is 0.481 e. The lowest BCUT2D eigenvalue weighted by molar-refractivity contribution is -0.136. The molecule has 0 aliphatic carbocycles. The van der Waals surface area contributed by atoms with Gasteiger partial charge in [-0.2, -0.15) is 0 Å². The molecular formula is C12H14F2N2O2. The fourth-order valence-electron chi connectivity index (χ4n) is 2.08. The molecule has 4 nitrogen and oxygen atoms in total. The van der Waals surface area contributed by atoms with E-state index in [-0.39, 0.29) is 18.7 Å². The van der Waals surface area contributed by atoms with E-state index in [2.05, 4.69) is 5.32 Å². The van der Waals surface area contributed by atoms with Gasteiger partial charge in [0.15, 0.2) is 5.82 Å². The van der Waals surface area contributed by atoms with Crippen molar-refractivity contribution in [2.45, 2.75) is 12.8 Å². The number of nitrogens with zero attached hydrogens (tertiary/aromatic N) is 1. The number of nitrogens with one attached hydrogen (secondary N) is 1. The lowest BCUT2D eigenvalue weighted by Gasteiger charge is -2.24. The van der Waals surface area contributed by atoms with E-state index in [9.17, 15) is 13.6 Å². The minimum atomic E-state index is -0.934. The number of hydrogen-bond donors (Lipinski definition) is 2. The number of aliphatic carboxylic acids is 1. The predicted molar refractivity (Wildman–Crippen MR) is 63.9 cm³/mol. The summed E-state index contributed by atoms with van der Waals surface area (Å²) < 4.78 is 27.0. The van der Waals surface area contributed by atoms with Gasteiger partial charge in [0.05, 0.1) is 17.8 Å². The molecule has 0 saturated carbocycles. The van der Waals surface area contributed by atoms with Crippen LogP contribution in [0.3, 0.4) is 0 Å². The lowest BCUT2D eigenvalue weighted by atomic mass is 10.2. The first-order chi connectivity index (χ1) is 8.58. The van der Waals surface area contributed by atoms with E-state index in [4.69, 9.17) is 5.11 Å². The number of carboxylic acids is 1. The first-order valence-electron chi connectivity index (χ1n) is 5.77. The molecule has 0 amide bonds. The van der Waals surface area contributed by atoms with Gasteiger partial charge in [0.25, 0.3) is 0 Å². The average Bonchev–Trinajstić information content (AvgIpc) is 2.48. The maximum Gasteiger partial charge on any atom is 0.305 e. The van der Waals surface area contributed by atoms with Crippen LogP contribution in [0.1, 0.15) is 12.8 Å². The molecule has 1 aliphatic rings. The van der Waals surface area contributed by atoms with E-state index >= 15 is 0 Å². The Kier molecular flexibility index (Phi) is 3.64. The highest BCUT2D eigenvalue weighted by Gasteiger charge is 2.20. The zero-order chi connectivity index (χ0) is 13.1. The predicted octanol–water partition coefficient (Wildman–Crippen LogP) is 2.06. The summed E-state index contributed by atoms with van der Waals surface area (Å²) in [7, 11) is 0. The molecule has 0 saturated heterocycles. The van der Waals surface area contributed by atoms with Crippen LogP contribution in [0.2, 0.25) is 0 Å². The smallest absolute Gasteiger partial charge is 0.305 e. The Hall–Kier alpha value is -1.85. The van der Waals surface area contributed by atoms with Crippen molar-refractivity contribution in [1.82, 2.24) is 0 Å². The van der Waals surface area contributed by atoms with Crippen molar-refractivity contribution >= 4 is 17.3 Å². The van der Waals surface area contributed by atoms with Gasteiger partial charge in [-0.3, -0.25) is 4.79 Å². The number of rotatable bonds is 3. The molecule has 2 N–H and O–H groups in total. The van der Waals surface area contributed by atoms with Crippen molar-refractivity contribution in [3.63, 3.8) is 0 Å². The van der Waals surface area contributed by atoms with Crippen LogP contribution in [0, 0.1) is 11.6 Å². The molecule has 0 fully saturated rings. The van der Waals surface area contributed by atoms with Crippen molar-refractivity contribution in [1.29, 1.82) is 0 Å². The number of fused-ring (bicyclic) bond motifs is 1. The fraction of sp³-hybridized carbons (Fsp3) is 0.417. The van der Waals surface area contributed by atoms with Gasteiger partial charge in [-0.15, -0.1) is 0 Å². The topological polar surface area (TPSA) is 52.6 Å². The lowest BCUT2D eigenvalue weighted by Crippen LogP contribution is -2.27. The second kappa shape index (κ2) is 5.20. The molecule has 1 aromatic rings. The molecule has 2 rings (SSSR count). The molecule has 98 valence electrons. The summed E-state index contributed by atoms with van der Waals surface area (Å²) in [6.07, 6.45) is 0.672. The Bertz CT molecular complexity index is 466. The van der Waals surface area contributed by atoms with Crippen molar-refractivity contribution in [2.24, 2.45) is 0 Å². The van der Waals surface area contributed by atoms with Crippen LogP contribution in [-0.2, 0) is 4.79 Å². The van der Waals surface area contributed by atoms with Crippen molar-refractivity contribution < 1.29 is 18.7 Å². The van der Waals surface area contributed by atoms with E-state index < -0.39 is 17.6 Å². The average molecular weight is 256 g/mol. The van der Waals surface area contributed by atoms with Crippen LogP contribution in [-0.4, -0.2) is 30.7 Å². The Morgan fingerprint density at radius 1 is 1.44 bits per heavy atom. The van der Waals surface area contributed by atoms with Gasteiger partial charge >= 0.3 is 5.97 Å². The zero-order valence-electron chi connectivity index (χ0n) is 9.75. The Labute approximate surface area is 103 Å². The van der Waals surface area contributed by atoms with Crippen LogP contribution in [0.4, 0.5) is 20.2 Å². The van der Waals surface area contributed by atoms with Crippen molar-refractivity contribution in [3.05, 3.63) is 23.8 Å². The summed E-state index contributed by atoms with van der Waals surface area (Å²) >= 11 is 0. The maximum atomic E-state index is 13.8. The molecule has 0 spiro atoms. The molecule has 0 radical (unpaired) electrons. The Balaban J connectivity index is 2.31. The molecule has 6 heteroatoms. The van der Waals surface area contributed by atoms with E-state index in [0.29, 0.717) is 18.8 Å². The molecule has 0 bridgehead atoms. The highest BCUT2D eigenvalue weighted by molar-refractivity contribution is 5.73. The van der Waals surface area contributed by atoms with Crippen LogP contribution in [0.25, 0.3) is 0 Å². The summed E-state index contributed by atoms with van der Waals surface area (Å²) in [5.41, 5.74) is 0.644. The quantitative estimate of drug-likeness (QED) is 0.869. The standard InChI is InChI=1S/C12H14F2N2O2/c13-8-6-9(14)12-10(7-8)15-3-1-4-16(12)5-2-11(17)18/h6-7,15H,1-5H2,(H,17,18). The third-order valence-electron chi connectivity index (χ3n) is 2.86. The van der Waals surface area contributed by atoms with Crippen LogP contribution >= 0.6 is 0 Å². The number of halogens is 2. The summed E-state index contributed by atoms with van der Waals surface area (Å²) in [5.74, 6) is -2.24. The molecule has 1 heterocycles. The number of hydrogen-bond acceptors (Lipinski definition) is 3. The van der Waals surface area contributed by atoms with Gasteiger partial charge < -0.3 is 15.3 Å². The number of carboxylic acid groups (broad SMARTS) is 1. The van der Waals surface area contributed by atoms with Crippen molar-refractivity contribution in [3.8, 4) is 0 Å². The SMILES string of the molecule is O=C(O)CCN1CCCNc2cc(F)cc(F)c21. The van der Waals surface area contributed by atoms with E-state index in [1.807, 2.05) is 0 Å². The molecule has 0 unspecified atom stereocenters. The van der Waals surface area contributed by atoms with Crippen LogP contribution < -0.4 is 10.2 Å². The van der Waals surface area contributed by atoms with Gasteiger partial charge in [0, 0.05) is 25.7 Å². The monoisotopic (exact) mass is 256 g/mol. The number of carbonyl (C=O) groups is 1. The summed E-state index contributed by atoms with van der Waals surface area (Å²) in [4.78, 5) is 12.2. The molecule has 0 atom stereocenters. The second-order valence-corrected chi connectivity index (χ2v) is 4.19. The molecule has 18 heavy (non-hydrogen) atoms. The van der Waals surface area contributed by atoms with Gasteiger partial charge in [0.1, 0.15) is 5.82 Å². The molecule has 0 aromatic heterocycles. The third kappa shape index (κ3) is 2.69. The van der Waals surface area contributed by atoms with E-state index in [0.717, 1.165) is 12.5 Å². The van der Waals surface area contributed by atoms with Gasteiger partial charge in [-0.05, 0) is 12.5 Å². The highest BCUT2D eigenvalue weighted by Crippen LogP contribution is 2.32.